The number of phenols is 1. The highest BCUT2D eigenvalue weighted by molar-refractivity contribution is 6.06. The Morgan fingerprint density at radius 3 is 2.77 bits per heavy atom. The van der Waals surface area contributed by atoms with Crippen molar-refractivity contribution < 1.29 is 9.90 Å². The number of nitrogen functional groups attached to an aromatic ring is 1. The van der Waals surface area contributed by atoms with Crippen molar-refractivity contribution >= 4 is 28.5 Å². The van der Waals surface area contributed by atoms with Gasteiger partial charge in [0.05, 0.1) is 17.3 Å². The first kappa shape index (κ1) is 19.6. The summed E-state index contributed by atoms with van der Waals surface area (Å²) in [7, 11) is 0. The highest BCUT2D eigenvalue weighted by Crippen LogP contribution is 2.35. The minimum absolute atomic E-state index is 0.0586. The molecule has 0 radical (unpaired) electrons. The first-order valence-corrected chi connectivity index (χ1v) is 9.81. The molecule has 1 amide bonds. The zero-order valence-corrected chi connectivity index (χ0v) is 16.8. The standard InChI is InChI=1S/C21H25N7O2/c1-3-24-21-18(20(22)23)19(17-11-13-10-15(30)4-5-16(13)25-17)26-28(21)14-6-8-27(9-7-14)12(2)29/h3-5,10-11,14,24-25,30H,1,6-9H2,2H3,(H3,22,23). The fourth-order valence-electron chi connectivity index (χ4n) is 4.05. The van der Waals surface area contributed by atoms with Crippen LogP contribution in [0.4, 0.5) is 5.82 Å². The van der Waals surface area contributed by atoms with Crippen LogP contribution in [0, 0.1) is 5.41 Å². The number of nitrogens with zero attached hydrogens (tertiary/aromatic N) is 3. The first-order chi connectivity index (χ1) is 14.4. The molecule has 9 nitrogen and oxygen atoms in total. The van der Waals surface area contributed by atoms with E-state index in [1.54, 1.807) is 25.1 Å². The third-order valence-electron chi connectivity index (χ3n) is 5.53. The molecule has 0 bridgehead atoms. The molecule has 0 spiro atoms. The van der Waals surface area contributed by atoms with E-state index in [0.717, 1.165) is 23.7 Å². The van der Waals surface area contributed by atoms with Gasteiger partial charge in [-0.05, 0) is 43.3 Å². The number of rotatable bonds is 5. The number of phenolic OH excluding ortho intramolecular Hbond substituents is 1. The predicted octanol–water partition coefficient (Wildman–Crippen LogP) is 2.76. The summed E-state index contributed by atoms with van der Waals surface area (Å²) < 4.78 is 1.86. The molecule has 3 aromatic rings. The topological polar surface area (TPSA) is 136 Å². The van der Waals surface area contributed by atoms with Crippen LogP contribution in [0.3, 0.4) is 0 Å². The van der Waals surface area contributed by atoms with Crippen molar-refractivity contribution in [2.24, 2.45) is 5.73 Å². The summed E-state index contributed by atoms with van der Waals surface area (Å²) in [5, 5.41) is 26.7. The number of fused-ring (bicyclic) bond motifs is 1. The zero-order chi connectivity index (χ0) is 21.4. The van der Waals surface area contributed by atoms with Gasteiger partial charge in [-0.25, -0.2) is 4.68 Å². The Morgan fingerprint density at radius 1 is 1.40 bits per heavy atom. The van der Waals surface area contributed by atoms with Crippen LogP contribution in [-0.2, 0) is 4.79 Å². The number of likely N-dealkylation sites (tertiary alicyclic amines) is 1. The molecular weight excluding hydrogens is 382 g/mol. The fourth-order valence-corrected chi connectivity index (χ4v) is 4.05. The summed E-state index contributed by atoms with van der Waals surface area (Å²) in [6.45, 7) is 6.65. The van der Waals surface area contributed by atoms with Crippen molar-refractivity contribution in [3.63, 3.8) is 0 Å². The molecule has 2 aromatic heterocycles. The second-order valence-electron chi connectivity index (χ2n) is 7.47. The van der Waals surface area contributed by atoms with E-state index in [1.165, 1.54) is 6.20 Å². The average molecular weight is 407 g/mol. The number of amidine groups is 1. The van der Waals surface area contributed by atoms with Crippen LogP contribution in [0.1, 0.15) is 31.4 Å². The van der Waals surface area contributed by atoms with Crippen molar-refractivity contribution in [2.45, 2.75) is 25.8 Å². The summed E-state index contributed by atoms with van der Waals surface area (Å²) in [5.74, 6) is 0.750. The first-order valence-electron chi connectivity index (χ1n) is 9.81. The van der Waals surface area contributed by atoms with Gasteiger partial charge in [0.1, 0.15) is 23.1 Å². The van der Waals surface area contributed by atoms with Gasteiger partial charge in [0.15, 0.2) is 0 Å². The van der Waals surface area contributed by atoms with Crippen molar-refractivity contribution in [1.29, 1.82) is 5.41 Å². The summed E-state index contributed by atoms with van der Waals surface area (Å²) in [5.41, 5.74) is 8.54. The maximum atomic E-state index is 11.7. The van der Waals surface area contributed by atoms with Gasteiger partial charge >= 0.3 is 0 Å². The Balaban J connectivity index is 1.80. The molecule has 6 N–H and O–H groups in total. The minimum Gasteiger partial charge on any atom is -0.508 e. The number of carbonyl (C=O) groups excluding carboxylic acids is 1. The number of hydrogen-bond acceptors (Lipinski definition) is 5. The molecule has 0 unspecified atom stereocenters. The van der Waals surface area contributed by atoms with Gasteiger partial charge < -0.3 is 26.0 Å². The molecule has 0 atom stereocenters. The summed E-state index contributed by atoms with van der Waals surface area (Å²) in [4.78, 5) is 16.8. The SMILES string of the molecule is C=CNc1c(C(=N)N)c(-c2cc3cc(O)ccc3[nH]2)nn1C1CCN(C(C)=O)CC1. The smallest absolute Gasteiger partial charge is 0.219 e. The van der Waals surface area contributed by atoms with Crippen molar-refractivity contribution in [3.8, 4) is 17.1 Å². The Kier molecular flexibility index (Phi) is 4.94. The van der Waals surface area contributed by atoms with Crippen LogP contribution < -0.4 is 11.1 Å². The number of carbonyl (C=O) groups is 1. The number of anilines is 1. The Hall–Kier alpha value is -3.75. The van der Waals surface area contributed by atoms with E-state index in [2.05, 4.69) is 16.9 Å². The maximum Gasteiger partial charge on any atom is 0.219 e. The lowest BCUT2D eigenvalue weighted by atomic mass is 10.0. The van der Waals surface area contributed by atoms with Crippen molar-refractivity contribution in [1.82, 2.24) is 19.7 Å². The monoisotopic (exact) mass is 407 g/mol. The highest BCUT2D eigenvalue weighted by atomic mass is 16.3. The number of H-pyrrole nitrogens is 1. The van der Waals surface area contributed by atoms with Gasteiger partial charge in [-0.2, -0.15) is 5.10 Å². The number of hydrogen-bond donors (Lipinski definition) is 5. The molecule has 1 aliphatic heterocycles. The number of nitrogens with one attached hydrogen (secondary N) is 3. The van der Waals surface area contributed by atoms with Crippen LogP contribution >= 0.6 is 0 Å². The number of benzene rings is 1. The molecule has 1 aromatic carbocycles. The molecule has 0 aliphatic carbocycles. The second-order valence-corrected chi connectivity index (χ2v) is 7.47. The molecule has 9 heteroatoms. The zero-order valence-electron chi connectivity index (χ0n) is 16.8. The minimum atomic E-state index is -0.108. The van der Waals surface area contributed by atoms with Gasteiger partial charge in [-0.1, -0.05) is 6.58 Å². The molecular formula is C21H25N7O2. The molecule has 1 saturated heterocycles. The van der Waals surface area contributed by atoms with Gasteiger partial charge in [0.2, 0.25) is 5.91 Å². The van der Waals surface area contributed by atoms with Crippen molar-refractivity contribution in [3.05, 3.63) is 42.6 Å². The molecule has 0 saturated carbocycles. The van der Waals surface area contributed by atoms with Crippen LogP contribution in [0.2, 0.25) is 0 Å². The normalized spacial score (nSPS) is 14.8. The molecule has 4 rings (SSSR count). The number of nitrogens with two attached hydrogens (primary N) is 1. The molecule has 1 aliphatic rings. The Bertz CT molecular complexity index is 1140. The van der Waals surface area contributed by atoms with Crippen LogP contribution in [0.5, 0.6) is 5.75 Å². The van der Waals surface area contributed by atoms with E-state index >= 15 is 0 Å². The lowest BCUT2D eigenvalue weighted by molar-refractivity contribution is -0.130. The Morgan fingerprint density at radius 2 is 2.13 bits per heavy atom. The number of amides is 1. The highest BCUT2D eigenvalue weighted by Gasteiger charge is 2.29. The van der Waals surface area contributed by atoms with Gasteiger partial charge in [0.25, 0.3) is 0 Å². The van der Waals surface area contributed by atoms with E-state index in [1.807, 2.05) is 15.6 Å². The van der Waals surface area contributed by atoms with Crippen LogP contribution in [0.15, 0.2) is 37.0 Å². The van der Waals surface area contributed by atoms with E-state index in [4.69, 9.17) is 16.2 Å². The molecule has 1 fully saturated rings. The van der Waals surface area contributed by atoms with E-state index in [-0.39, 0.29) is 23.5 Å². The number of aromatic nitrogens is 3. The van der Waals surface area contributed by atoms with E-state index in [9.17, 15) is 9.90 Å². The molecule has 156 valence electrons. The predicted molar refractivity (Wildman–Crippen MR) is 117 cm³/mol. The molecule has 30 heavy (non-hydrogen) atoms. The Labute approximate surface area is 173 Å². The summed E-state index contributed by atoms with van der Waals surface area (Å²) in [6.07, 6.45) is 3.05. The van der Waals surface area contributed by atoms with E-state index < -0.39 is 0 Å². The number of aromatic hydroxyl groups is 1. The fraction of sp³-hybridized carbons (Fsp3) is 0.286. The third-order valence-corrected chi connectivity index (χ3v) is 5.53. The largest absolute Gasteiger partial charge is 0.508 e. The third kappa shape index (κ3) is 3.38. The maximum absolute atomic E-state index is 11.7. The molecule has 3 heterocycles. The van der Waals surface area contributed by atoms with Gasteiger partial charge in [-0.15, -0.1) is 0 Å². The lowest BCUT2D eigenvalue weighted by Crippen LogP contribution is -2.38. The van der Waals surface area contributed by atoms with Gasteiger partial charge in [-0.3, -0.25) is 10.2 Å². The quantitative estimate of drug-likeness (QED) is 0.327. The average Bonchev–Trinajstić information content (AvgIpc) is 3.29. The lowest BCUT2D eigenvalue weighted by Gasteiger charge is -2.32. The van der Waals surface area contributed by atoms with E-state index in [0.29, 0.717) is 35.9 Å². The number of piperidine rings is 1. The van der Waals surface area contributed by atoms with Gasteiger partial charge in [0, 0.05) is 30.9 Å². The van der Waals surface area contributed by atoms with Crippen LogP contribution in [0.25, 0.3) is 22.3 Å². The second kappa shape index (κ2) is 7.58. The van der Waals surface area contributed by atoms with Crippen molar-refractivity contribution in [2.75, 3.05) is 18.4 Å². The van der Waals surface area contributed by atoms with Crippen LogP contribution in [-0.4, -0.2) is 49.6 Å². The summed E-state index contributed by atoms with van der Waals surface area (Å²) >= 11 is 0. The summed E-state index contributed by atoms with van der Waals surface area (Å²) in [6, 6.07) is 7.01. The number of aromatic amines is 1.